The molecule has 0 saturated heterocycles. The van der Waals surface area contributed by atoms with Crippen LogP contribution in [0.4, 0.5) is 0 Å². The quantitative estimate of drug-likeness (QED) is 0.157. The molecule has 1 unspecified atom stereocenters. The maximum Gasteiger partial charge on any atom is 0.220 e. The van der Waals surface area contributed by atoms with Crippen LogP contribution in [0.5, 0.6) is 0 Å². The van der Waals surface area contributed by atoms with Crippen LogP contribution >= 0.6 is 0 Å². The summed E-state index contributed by atoms with van der Waals surface area (Å²) < 4.78 is 2.28. The third kappa shape index (κ3) is 15.4. The number of aryl methyl sites for hydroxylation is 1. The number of hydrogen-bond acceptors (Lipinski definition) is 2. The molecule has 0 radical (unpaired) electrons. The number of pyridine rings is 1. The monoisotopic (exact) mass is 481 g/mol. The van der Waals surface area contributed by atoms with Gasteiger partial charge in [0.15, 0.2) is 12.4 Å². The van der Waals surface area contributed by atoms with Crippen molar-refractivity contribution in [2.45, 2.75) is 115 Å². The van der Waals surface area contributed by atoms with E-state index in [-0.39, 0.29) is 18.6 Å². The zero-order valence-electron chi connectivity index (χ0n) is 21.9. The van der Waals surface area contributed by atoms with Crippen LogP contribution in [-0.2, 0) is 17.8 Å². The summed E-state index contributed by atoms with van der Waals surface area (Å²) in [6.07, 6.45) is 23.7. The van der Waals surface area contributed by atoms with Gasteiger partial charge in [0.25, 0.3) is 0 Å². The lowest BCUT2D eigenvalue weighted by Gasteiger charge is -2.16. The summed E-state index contributed by atoms with van der Waals surface area (Å²) >= 11 is 0. The third-order valence-electron chi connectivity index (χ3n) is 6.76. The summed E-state index contributed by atoms with van der Waals surface area (Å²) in [6.45, 7) is 1.13. The van der Waals surface area contributed by atoms with E-state index in [4.69, 9.17) is 0 Å². The van der Waals surface area contributed by atoms with E-state index in [9.17, 15) is 9.90 Å². The number of benzene rings is 1. The van der Waals surface area contributed by atoms with E-state index in [1.54, 1.807) is 0 Å². The van der Waals surface area contributed by atoms with E-state index in [1.807, 2.05) is 30.3 Å². The molecule has 1 heterocycles. The Morgan fingerprint density at radius 3 is 1.71 bits per heavy atom. The number of rotatable bonds is 21. The van der Waals surface area contributed by atoms with Crippen LogP contribution in [0.15, 0.2) is 60.9 Å². The molecule has 1 amide bonds. The van der Waals surface area contributed by atoms with Crippen LogP contribution in [0.25, 0.3) is 0 Å². The first kappa shape index (κ1) is 29.0. The first-order valence-corrected chi connectivity index (χ1v) is 14.2. The second-order valence-electron chi connectivity index (χ2n) is 9.95. The average Bonchev–Trinajstić information content (AvgIpc) is 2.89. The Morgan fingerprint density at radius 2 is 1.17 bits per heavy atom. The Labute approximate surface area is 214 Å². The number of hydrogen-bond donors (Lipinski definition) is 2. The number of unbranched alkanes of at least 4 members (excludes halogenated alkanes) is 13. The number of amides is 1. The standard InChI is InChI=1S/C31H48N2O2/c34-28-30(27-29-21-15-13-16-22-29)32-31(35)23-17-11-9-7-5-3-1-2-4-6-8-10-12-18-24-33-25-19-14-20-26-33/h13-16,19-22,25-26,30,34H,1-12,17-18,23-24,27-28H2/p+1. The number of aromatic nitrogens is 1. The van der Waals surface area contributed by atoms with Crippen molar-refractivity contribution in [3.05, 3.63) is 66.5 Å². The number of nitrogens with zero attached hydrogens (tertiary/aromatic N) is 1. The topological polar surface area (TPSA) is 53.2 Å². The fourth-order valence-corrected chi connectivity index (χ4v) is 4.64. The summed E-state index contributed by atoms with van der Waals surface area (Å²) in [6, 6.07) is 16.1. The second kappa shape index (κ2) is 20.0. The maximum atomic E-state index is 12.2. The van der Waals surface area contributed by atoms with Gasteiger partial charge in [0, 0.05) is 25.0 Å². The molecule has 4 heteroatoms. The van der Waals surface area contributed by atoms with E-state index in [2.05, 4.69) is 40.5 Å². The van der Waals surface area contributed by atoms with Gasteiger partial charge in [-0.25, -0.2) is 4.57 Å². The van der Waals surface area contributed by atoms with E-state index in [1.165, 1.54) is 77.0 Å². The number of carbonyl (C=O) groups excluding carboxylic acids is 1. The molecule has 0 aliphatic heterocycles. The number of carbonyl (C=O) groups is 1. The van der Waals surface area contributed by atoms with Crippen LogP contribution in [-0.4, -0.2) is 23.7 Å². The zero-order chi connectivity index (χ0) is 24.8. The Kier molecular flexibility index (Phi) is 16.6. The van der Waals surface area contributed by atoms with Crippen molar-refractivity contribution in [2.75, 3.05) is 6.61 Å². The fourth-order valence-electron chi connectivity index (χ4n) is 4.64. The Balaban J connectivity index is 1.31. The van der Waals surface area contributed by atoms with E-state index in [0.717, 1.165) is 24.9 Å². The number of nitrogens with one attached hydrogen (secondary N) is 1. The van der Waals surface area contributed by atoms with E-state index in [0.29, 0.717) is 12.8 Å². The van der Waals surface area contributed by atoms with Gasteiger partial charge in [0.05, 0.1) is 12.6 Å². The molecule has 4 nitrogen and oxygen atoms in total. The molecule has 0 bridgehead atoms. The summed E-state index contributed by atoms with van der Waals surface area (Å²) in [7, 11) is 0. The highest BCUT2D eigenvalue weighted by Crippen LogP contribution is 2.13. The fraction of sp³-hybridized carbons (Fsp3) is 0.613. The van der Waals surface area contributed by atoms with Gasteiger partial charge in [0.1, 0.15) is 6.54 Å². The van der Waals surface area contributed by atoms with Gasteiger partial charge < -0.3 is 10.4 Å². The molecule has 0 saturated carbocycles. The third-order valence-corrected chi connectivity index (χ3v) is 6.76. The first-order valence-electron chi connectivity index (χ1n) is 14.2. The minimum absolute atomic E-state index is 0.0192. The molecule has 194 valence electrons. The van der Waals surface area contributed by atoms with Gasteiger partial charge in [-0.05, 0) is 24.8 Å². The number of aliphatic hydroxyl groups excluding tert-OH is 1. The summed E-state index contributed by atoms with van der Waals surface area (Å²) in [5.74, 6) is 0.0649. The number of aliphatic hydroxyl groups is 1. The highest BCUT2D eigenvalue weighted by atomic mass is 16.3. The first-order chi connectivity index (χ1) is 17.3. The smallest absolute Gasteiger partial charge is 0.220 e. The Hall–Kier alpha value is -2.20. The molecule has 2 rings (SSSR count). The molecule has 0 aliphatic carbocycles. The molecular formula is C31H49N2O2+. The summed E-state index contributed by atoms with van der Waals surface area (Å²) in [5, 5.41) is 12.5. The Morgan fingerprint density at radius 1 is 0.686 bits per heavy atom. The largest absolute Gasteiger partial charge is 0.394 e. The summed E-state index contributed by atoms with van der Waals surface area (Å²) in [5.41, 5.74) is 1.14. The van der Waals surface area contributed by atoms with Crippen molar-refractivity contribution in [3.63, 3.8) is 0 Å². The van der Waals surface area contributed by atoms with Gasteiger partial charge in [-0.1, -0.05) is 107 Å². The van der Waals surface area contributed by atoms with Gasteiger partial charge in [-0.15, -0.1) is 0 Å². The van der Waals surface area contributed by atoms with E-state index < -0.39 is 0 Å². The van der Waals surface area contributed by atoms with Crippen LogP contribution < -0.4 is 9.88 Å². The average molecular weight is 482 g/mol. The van der Waals surface area contributed by atoms with Gasteiger partial charge in [0.2, 0.25) is 5.91 Å². The van der Waals surface area contributed by atoms with Gasteiger partial charge >= 0.3 is 0 Å². The highest BCUT2D eigenvalue weighted by Gasteiger charge is 2.11. The van der Waals surface area contributed by atoms with Crippen LogP contribution in [0.3, 0.4) is 0 Å². The second-order valence-corrected chi connectivity index (χ2v) is 9.95. The predicted octanol–water partition coefficient (Wildman–Crippen LogP) is 6.55. The molecule has 35 heavy (non-hydrogen) atoms. The molecule has 0 aliphatic rings. The van der Waals surface area contributed by atoms with Crippen molar-refractivity contribution in [2.24, 2.45) is 0 Å². The minimum Gasteiger partial charge on any atom is -0.394 e. The van der Waals surface area contributed by atoms with Crippen molar-refractivity contribution in [3.8, 4) is 0 Å². The molecule has 0 spiro atoms. The lowest BCUT2D eigenvalue weighted by Crippen LogP contribution is -2.38. The van der Waals surface area contributed by atoms with Crippen LogP contribution in [0.1, 0.15) is 102 Å². The molecule has 2 N–H and O–H groups in total. The lowest BCUT2D eigenvalue weighted by molar-refractivity contribution is -0.697. The maximum absolute atomic E-state index is 12.2. The van der Waals surface area contributed by atoms with Crippen molar-refractivity contribution >= 4 is 5.91 Å². The van der Waals surface area contributed by atoms with Crippen LogP contribution in [0.2, 0.25) is 0 Å². The van der Waals surface area contributed by atoms with Gasteiger partial charge in [-0.3, -0.25) is 4.79 Å². The van der Waals surface area contributed by atoms with Gasteiger partial charge in [-0.2, -0.15) is 0 Å². The predicted molar refractivity (Wildman–Crippen MR) is 145 cm³/mol. The molecule has 0 fully saturated rings. The lowest BCUT2D eigenvalue weighted by atomic mass is 10.0. The van der Waals surface area contributed by atoms with Crippen molar-refractivity contribution in [1.29, 1.82) is 0 Å². The minimum atomic E-state index is -0.191. The Bertz CT molecular complexity index is 751. The molecular weight excluding hydrogens is 432 g/mol. The molecule has 1 atom stereocenters. The zero-order valence-corrected chi connectivity index (χ0v) is 21.9. The molecule has 2 aromatic rings. The normalized spacial score (nSPS) is 11.9. The molecule has 1 aromatic carbocycles. The molecule has 1 aromatic heterocycles. The van der Waals surface area contributed by atoms with E-state index >= 15 is 0 Å². The van der Waals surface area contributed by atoms with Crippen LogP contribution in [0, 0.1) is 0 Å². The van der Waals surface area contributed by atoms with Crippen molar-refractivity contribution < 1.29 is 14.5 Å². The highest BCUT2D eigenvalue weighted by molar-refractivity contribution is 5.76. The SMILES string of the molecule is O=C(CCCCCCCCCCCCCCCC[n+]1ccccc1)NC(CO)Cc1ccccc1. The van der Waals surface area contributed by atoms with Crippen molar-refractivity contribution in [1.82, 2.24) is 5.32 Å². The summed E-state index contributed by atoms with van der Waals surface area (Å²) in [4.78, 5) is 12.2.